The molecule has 1 aliphatic heterocycles. The Bertz CT molecular complexity index is 1450. The molecule has 206 valence electrons. The highest BCUT2D eigenvalue weighted by Gasteiger charge is 2.33. The molecule has 0 aliphatic carbocycles. The standard InChI is InChI=1S/C26H22F7N5O/c27-14-5-13(6-15(28)7-14)16-10-34-11-17(25-36-21-8-18(29)19(30)9-22(21)37-25)24(16)38-4-1-20(23(39)12-38)35-3-2-26(31,32)33/h5-11,20,23,35,39H,1-4,12H2,(H,36,37)/t20-,23+/m1/s1. The molecule has 1 fully saturated rings. The fraction of sp³-hybridized carbons (Fsp3) is 0.308. The lowest BCUT2D eigenvalue weighted by Gasteiger charge is -2.39. The molecule has 13 heteroatoms. The molecule has 39 heavy (non-hydrogen) atoms. The van der Waals surface area contributed by atoms with Crippen molar-refractivity contribution in [2.45, 2.75) is 31.2 Å². The van der Waals surface area contributed by atoms with Crippen LogP contribution < -0.4 is 10.2 Å². The molecule has 1 aliphatic rings. The number of anilines is 1. The van der Waals surface area contributed by atoms with Gasteiger partial charge in [-0.2, -0.15) is 13.2 Å². The lowest BCUT2D eigenvalue weighted by Crippen LogP contribution is -2.53. The fourth-order valence-corrected chi connectivity index (χ4v) is 4.79. The number of H-pyrrole nitrogens is 1. The van der Waals surface area contributed by atoms with Crippen molar-refractivity contribution in [3.05, 3.63) is 66.0 Å². The molecule has 0 amide bonds. The number of hydrogen-bond donors (Lipinski definition) is 3. The number of benzene rings is 2. The molecule has 3 N–H and O–H groups in total. The summed E-state index contributed by atoms with van der Waals surface area (Å²) in [5, 5.41) is 13.5. The number of aromatic nitrogens is 3. The second kappa shape index (κ2) is 10.5. The molecule has 2 aromatic carbocycles. The number of fused-ring (bicyclic) bond motifs is 1. The second-order valence-corrected chi connectivity index (χ2v) is 9.34. The average molecular weight is 553 g/mol. The number of piperidine rings is 1. The predicted molar refractivity (Wildman–Crippen MR) is 130 cm³/mol. The Morgan fingerprint density at radius 2 is 1.67 bits per heavy atom. The number of aliphatic hydroxyl groups excluding tert-OH is 1. The molecule has 4 aromatic rings. The number of pyridine rings is 1. The Morgan fingerprint density at radius 1 is 0.974 bits per heavy atom. The molecule has 2 atom stereocenters. The van der Waals surface area contributed by atoms with Crippen LogP contribution in [0, 0.1) is 23.3 Å². The summed E-state index contributed by atoms with van der Waals surface area (Å²) in [7, 11) is 0. The quantitative estimate of drug-likeness (QED) is 0.282. The van der Waals surface area contributed by atoms with Crippen molar-refractivity contribution < 1.29 is 35.8 Å². The normalized spacial score (nSPS) is 18.2. The average Bonchev–Trinajstić information content (AvgIpc) is 3.26. The SMILES string of the molecule is O[C@H]1CN(c2c(-c3cc(F)cc(F)c3)cncc2-c2nc3cc(F)c(F)cc3[nH]2)CC[C@H]1NCCC(F)(F)F. The Morgan fingerprint density at radius 3 is 2.36 bits per heavy atom. The fourth-order valence-electron chi connectivity index (χ4n) is 4.79. The molecule has 0 unspecified atom stereocenters. The molecule has 5 rings (SSSR count). The molecule has 0 saturated carbocycles. The van der Waals surface area contributed by atoms with Crippen molar-refractivity contribution in [1.82, 2.24) is 20.3 Å². The third-order valence-electron chi connectivity index (χ3n) is 6.58. The number of nitrogens with zero attached hydrogens (tertiary/aromatic N) is 3. The highest BCUT2D eigenvalue weighted by atomic mass is 19.4. The van der Waals surface area contributed by atoms with Gasteiger partial charge in [0.15, 0.2) is 11.6 Å². The van der Waals surface area contributed by atoms with Gasteiger partial charge in [-0.1, -0.05) is 0 Å². The number of halogens is 7. The van der Waals surface area contributed by atoms with Gasteiger partial charge >= 0.3 is 6.18 Å². The molecular weight excluding hydrogens is 531 g/mol. The summed E-state index contributed by atoms with van der Waals surface area (Å²) in [6.45, 7) is -0.132. The summed E-state index contributed by atoms with van der Waals surface area (Å²) in [5.74, 6) is -3.67. The number of β-amino-alcohol motifs (C(OH)–C–C–N with tert-alkyl or cyclic N) is 1. The van der Waals surface area contributed by atoms with Crippen LogP contribution in [-0.4, -0.2) is 58.0 Å². The number of rotatable bonds is 6. The molecule has 0 spiro atoms. The zero-order valence-electron chi connectivity index (χ0n) is 20.2. The van der Waals surface area contributed by atoms with Gasteiger partial charge in [0.1, 0.15) is 17.5 Å². The Hall–Kier alpha value is -3.71. The molecule has 3 heterocycles. The number of hydrogen-bond acceptors (Lipinski definition) is 5. The summed E-state index contributed by atoms with van der Waals surface area (Å²) in [4.78, 5) is 13.2. The monoisotopic (exact) mass is 553 g/mol. The number of imidazole rings is 1. The van der Waals surface area contributed by atoms with E-state index < -0.39 is 48.0 Å². The van der Waals surface area contributed by atoms with E-state index in [4.69, 9.17) is 0 Å². The van der Waals surface area contributed by atoms with Crippen LogP contribution in [0.1, 0.15) is 12.8 Å². The third-order valence-corrected chi connectivity index (χ3v) is 6.58. The summed E-state index contributed by atoms with van der Waals surface area (Å²) < 4.78 is 93.6. The zero-order chi connectivity index (χ0) is 27.9. The lowest BCUT2D eigenvalue weighted by atomic mass is 9.96. The van der Waals surface area contributed by atoms with Gasteiger partial charge in [0.2, 0.25) is 0 Å². The minimum Gasteiger partial charge on any atom is -0.390 e. The minimum atomic E-state index is -4.34. The van der Waals surface area contributed by atoms with Crippen molar-refractivity contribution in [1.29, 1.82) is 0 Å². The smallest absolute Gasteiger partial charge is 0.390 e. The molecule has 0 radical (unpaired) electrons. The minimum absolute atomic E-state index is 0.0328. The van der Waals surface area contributed by atoms with Gasteiger partial charge in [0.25, 0.3) is 0 Å². The Kier molecular flexibility index (Phi) is 7.21. The van der Waals surface area contributed by atoms with Crippen LogP contribution in [0.3, 0.4) is 0 Å². The van der Waals surface area contributed by atoms with Crippen LogP contribution in [0.25, 0.3) is 33.5 Å². The first-order valence-electron chi connectivity index (χ1n) is 12.0. The van der Waals surface area contributed by atoms with E-state index in [1.165, 1.54) is 12.4 Å². The van der Waals surface area contributed by atoms with Gasteiger partial charge < -0.3 is 20.3 Å². The lowest BCUT2D eigenvalue weighted by molar-refractivity contribution is -0.134. The molecule has 1 saturated heterocycles. The van der Waals surface area contributed by atoms with E-state index in [1.807, 2.05) is 0 Å². The topological polar surface area (TPSA) is 77.1 Å². The van der Waals surface area contributed by atoms with Crippen LogP contribution in [0.2, 0.25) is 0 Å². The predicted octanol–water partition coefficient (Wildman–Crippen LogP) is 5.33. The van der Waals surface area contributed by atoms with E-state index in [2.05, 4.69) is 20.3 Å². The maximum absolute atomic E-state index is 14.1. The van der Waals surface area contributed by atoms with E-state index in [0.29, 0.717) is 22.9 Å². The van der Waals surface area contributed by atoms with Crippen LogP contribution in [0.4, 0.5) is 36.4 Å². The highest BCUT2D eigenvalue weighted by molar-refractivity contribution is 5.91. The van der Waals surface area contributed by atoms with Gasteiger partial charge in [0.05, 0.1) is 34.8 Å². The van der Waals surface area contributed by atoms with E-state index in [9.17, 15) is 35.8 Å². The van der Waals surface area contributed by atoms with Gasteiger partial charge in [-0.3, -0.25) is 4.98 Å². The van der Waals surface area contributed by atoms with Crippen molar-refractivity contribution in [3.63, 3.8) is 0 Å². The van der Waals surface area contributed by atoms with Crippen molar-refractivity contribution >= 4 is 16.7 Å². The molecule has 6 nitrogen and oxygen atoms in total. The number of aliphatic hydroxyl groups is 1. The number of nitrogens with one attached hydrogen (secondary N) is 2. The third kappa shape index (κ3) is 5.83. The van der Waals surface area contributed by atoms with Gasteiger partial charge in [0, 0.05) is 61.8 Å². The first-order valence-corrected chi connectivity index (χ1v) is 12.0. The maximum atomic E-state index is 14.1. The second-order valence-electron chi connectivity index (χ2n) is 9.34. The van der Waals surface area contributed by atoms with Crippen molar-refractivity contribution in [2.75, 3.05) is 24.5 Å². The maximum Gasteiger partial charge on any atom is 0.390 e. The Balaban J connectivity index is 1.55. The van der Waals surface area contributed by atoms with E-state index in [-0.39, 0.29) is 48.5 Å². The largest absolute Gasteiger partial charge is 0.390 e. The van der Waals surface area contributed by atoms with Crippen molar-refractivity contribution in [2.24, 2.45) is 0 Å². The van der Waals surface area contributed by atoms with Crippen LogP contribution >= 0.6 is 0 Å². The molecule has 2 aromatic heterocycles. The summed E-state index contributed by atoms with van der Waals surface area (Å²) >= 11 is 0. The first-order chi connectivity index (χ1) is 18.5. The van der Waals surface area contributed by atoms with Crippen LogP contribution in [0.15, 0.2) is 42.7 Å². The van der Waals surface area contributed by atoms with Crippen LogP contribution in [-0.2, 0) is 0 Å². The highest BCUT2D eigenvalue weighted by Crippen LogP contribution is 2.40. The van der Waals surface area contributed by atoms with Gasteiger partial charge in [-0.05, 0) is 24.1 Å². The first kappa shape index (κ1) is 26.9. The molecular formula is C26H22F7N5O. The van der Waals surface area contributed by atoms with E-state index in [1.54, 1.807) is 4.90 Å². The van der Waals surface area contributed by atoms with Gasteiger partial charge in [-0.15, -0.1) is 0 Å². The summed E-state index contributed by atoms with van der Waals surface area (Å²) in [6.07, 6.45) is -3.40. The summed E-state index contributed by atoms with van der Waals surface area (Å²) in [6, 6.07) is 4.19. The number of alkyl halides is 3. The summed E-state index contributed by atoms with van der Waals surface area (Å²) in [5.41, 5.74) is 1.46. The van der Waals surface area contributed by atoms with Crippen LogP contribution in [0.5, 0.6) is 0 Å². The molecule has 0 bridgehead atoms. The van der Waals surface area contributed by atoms with Crippen molar-refractivity contribution in [3.8, 4) is 22.5 Å². The number of aromatic amines is 1. The Labute approximate surface area is 217 Å². The van der Waals surface area contributed by atoms with E-state index >= 15 is 0 Å². The van der Waals surface area contributed by atoms with Gasteiger partial charge in [-0.25, -0.2) is 22.5 Å². The van der Waals surface area contributed by atoms with E-state index in [0.717, 1.165) is 24.3 Å². The zero-order valence-corrected chi connectivity index (χ0v) is 20.2.